The first-order valence-corrected chi connectivity index (χ1v) is 11.7. The van der Waals surface area contributed by atoms with Gasteiger partial charge < -0.3 is 10.8 Å². The van der Waals surface area contributed by atoms with Crippen LogP contribution >= 0.6 is 0 Å². The molecule has 0 bridgehead atoms. The van der Waals surface area contributed by atoms with E-state index in [1.165, 1.54) is 19.3 Å². The lowest BCUT2D eigenvalue weighted by Gasteiger charge is -2.60. The number of hydrogen-bond donors (Lipinski definition) is 2. The number of carboxylic acids is 1. The number of Topliss-reactive ketones (excluding diaryl/α,β-unsaturated/α-hetero) is 1. The number of aliphatic carboxylic acids is 1. The van der Waals surface area contributed by atoms with E-state index in [0.29, 0.717) is 59.2 Å². The fourth-order valence-electron chi connectivity index (χ4n) is 8.49. The van der Waals surface area contributed by atoms with Gasteiger partial charge in [-0.1, -0.05) is 20.8 Å². The molecule has 4 heteroatoms. The monoisotopic (exact) mass is 389 g/mol. The average Bonchev–Trinajstić information content (AvgIpc) is 3.00. The molecule has 28 heavy (non-hydrogen) atoms. The zero-order valence-electron chi connectivity index (χ0n) is 18.0. The third-order valence-electron chi connectivity index (χ3n) is 10.1. The van der Waals surface area contributed by atoms with Gasteiger partial charge in [-0.2, -0.15) is 0 Å². The summed E-state index contributed by atoms with van der Waals surface area (Å²) < 4.78 is 0. The Hall–Kier alpha value is -0.900. The molecule has 4 aliphatic rings. The van der Waals surface area contributed by atoms with E-state index in [2.05, 4.69) is 20.8 Å². The van der Waals surface area contributed by atoms with Gasteiger partial charge in [0.05, 0.1) is 0 Å². The normalized spacial score (nSPS) is 49.1. The van der Waals surface area contributed by atoms with E-state index in [1.54, 1.807) is 0 Å². The Labute approximate surface area is 170 Å². The number of fused-ring (bicyclic) bond motifs is 5. The van der Waals surface area contributed by atoms with Crippen LogP contribution in [0.2, 0.25) is 0 Å². The summed E-state index contributed by atoms with van der Waals surface area (Å²) in [5, 5.41) is 9.09. The molecule has 0 radical (unpaired) electrons. The molecule has 0 aliphatic heterocycles. The summed E-state index contributed by atoms with van der Waals surface area (Å²) in [4.78, 5) is 24.7. The van der Waals surface area contributed by atoms with Crippen LogP contribution in [0.5, 0.6) is 0 Å². The van der Waals surface area contributed by atoms with Crippen LogP contribution < -0.4 is 5.73 Å². The summed E-state index contributed by atoms with van der Waals surface area (Å²) in [6, 6.07) is 0.352. The largest absolute Gasteiger partial charge is 0.481 e. The van der Waals surface area contributed by atoms with E-state index in [-0.39, 0.29) is 11.8 Å². The maximum Gasteiger partial charge on any atom is 0.303 e. The van der Waals surface area contributed by atoms with Crippen LogP contribution in [-0.4, -0.2) is 22.9 Å². The lowest BCUT2D eigenvalue weighted by atomic mass is 9.44. The van der Waals surface area contributed by atoms with E-state index in [0.717, 1.165) is 32.1 Å². The van der Waals surface area contributed by atoms with Gasteiger partial charge in [-0.25, -0.2) is 0 Å². The van der Waals surface area contributed by atoms with E-state index in [4.69, 9.17) is 10.8 Å². The third kappa shape index (κ3) is 2.97. The van der Waals surface area contributed by atoms with Crippen molar-refractivity contribution in [3.05, 3.63) is 0 Å². The number of rotatable bonds is 4. The predicted octanol–water partition coefficient (Wildman–Crippen LogP) is 4.65. The van der Waals surface area contributed by atoms with E-state index < -0.39 is 5.97 Å². The fourth-order valence-corrected chi connectivity index (χ4v) is 8.49. The first-order chi connectivity index (χ1) is 13.2. The lowest BCUT2D eigenvalue weighted by molar-refractivity contribution is -0.158. The summed E-state index contributed by atoms with van der Waals surface area (Å²) in [6.07, 6.45) is 9.92. The molecule has 9 atom stereocenters. The van der Waals surface area contributed by atoms with Gasteiger partial charge in [-0.05, 0) is 92.3 Å². The van der Waals surface area contributed by atoms with Crippen molar-refractivity contribution in [3.63, 3.8) is 0 Å². The average molecular weight is 390 g/mol. The Balaban J connectivity index is 1.57. The van der Waals surface area contributed by atoms with Crippen LogP contribution in [0.25, 0.3) is 0 Å². The molecule has 4 fully saturated rings. The molecule has 2 unspecified atom stereocenters. The van der Waals surface area contributed by atoms with Gasteiger partial charge in [-0.3, -0.25) is 9.59 Å². The second-order valence-corrected chi connectivity index (χ2v) is 11.2. The summed E-state index contributed by atoms with van der Waals surface area (Å²) >= 11 is 0. The summed E-state index contributed by atoms with van der Waals surface area (Å²) in [6.45, 7) is 6.90. The Morgan fingerprint density at radius 3 is 2.64 bits per heavy atom. The standard InChI is InChI=1S/C24H39NO3/c1-14(4-9-22(27)28)18-7-8-19-17-6-5-15-12-16(25)10-11-23(15,2)20(17)13-21(26)24(18,19)3/h14-20H,4-13,25H2,1-3H3,(H,27,28)/t14-,15?,16?,17+,18-,19+,20+,23+,24-/m1/s1. The zero-order valence-corrected chi connectivity index (χ0v) is 18.0. The number of carbonyl (C=O) groups is 2. The van der Waals surface area contributed by atoms with Crippen molar-refractivity contribution in [2.24, 2.45) is 52.1 Å². The molecular weight excluding hydrogens is 350 g/mol. The molecule has 0 amide bonds. The quantitative estimate of drug-likeness (QED) is 0.733. The van der Waals surface area contributed by atoms with Crippen LogP contribution in [0.4, 0.5) is 0 Å². The highest BCUT2D eigenvalue weighted by atomic mass is 16.4. The summed E-state index contributed by atoms with van der Waals surface area (Å²) in [5.74, 6) is 2.85. The van der Waals surface area contributed by atoms with Gasteiger partial charge in [-0.15, -0.1) is 0 Å². The van der Waals surface area contributed by atoms with Crippen molar-refractivity contribution in [3.8, 4) is 0 Å². The molecule has 4 nitrogen and oxygen atoms in total. The van der Waals surface area contributed by atoms with Crippen molar-refractivity contribution in [2.45, 2.75) is 91.0 Å². The molecule has 158 valence electrons. The first-order valence-electron chi connectivity index (χ1n) is 11.7. The van der Waals surface area contributed by atoms with Crippen LogP contribution in [0.1, 0.15) is 85.0 Å². The van der Waals surface area contributed by atoms with Gasteiger partial charge in [0.15, 0.2) is 0 Å². The second-order valence-electron chi connectivity index (χ2n) is 11.2. The van der Waals surface area contributed by atoms with Crippen molar-refractivity contribution < 1.29 is 14.7 Å². The van der Waals surface area contributed by atoms with Gasteiger partial charge >= 0.3 is 5.97 Å². The van der Waals surface area contributed by atoms with Crippen molar-refractivity contribution in [2.75, 3.05) is 0 Å². The van der Waals surface area contributed by atoms with Crippen molar-refractivity contribution >= 4 is 11.8 Å². The van der Waals surface area contributed by atoms with Gasteiger partial charge in [0.2, 0.25) is 0 Å². The molecule has 0 spiro atoms. The van der Waals surface area contributed by atoms with Crippen LogP contribution in [-0.2, 0) is 9.59 Å². The minimum absolute atomic E-state index is 0.221. The van der Waals surface area contributed by atoms with E-state index in [9.17, 15) is 9.59 Å². The minimum Gasteiger partial charge on any atom is -0.481 e. The smallest absolute Gasteiger partial charge is 0.303 e. The molecular formula is C24H39NO3. The van der Waals surface area contributed by atoms with Crippen molar-refractivity contribution in [1.29, 1.82) is 0 Å². The number of nitrogens with two attached hydrogens (primary N) is 1. The van der Waals surface area contributed by atoms with Crippen LogP contribution in [0, 0.1) is 46.3 Å². The molecule has 4 saturated carbocycles. The summed E-state index contributed by atoms with van der Waals surface area (Å²) in [7, 11) is 0. The maximum absolute atomic E-state index is 13.6. The number of ketones is 1. The van der Waals surface area contributed by atoms with Crippen LogP contribution in [0.3, 0.4) is 0 Å². The SMILES string of the molecule is C[C@H](CCC(=O)O)[C@H]1CC[C@H]2[C@@H]3CCC4CC(N)CC[C@]4(C)[C@H]3CC(=O)[C@]12C. The highest BCUT2D eigenvalue weighted by Gasteiger charge is 2.63. The van der Waals surface area contributed by atoms with Crippen molar-refractivity contribution in [1.82, 2.24) is 0 Å². The van der Waals surface area contributed by atoms with Gasteiger partial charge in [0.25, 0.3) is 0 Å². The molecule has 0 saturated heterocycles. The Bertz CT molecular complexity index is 648. The topological polar surface area (TPSA) is 80.4 Å². The second kappa shape index (κ2) is 7.11. The Kier molecular flexibility index (Phi) is 5.17. The Morgan fingerprint density at radius 1 is 1.18 bits per heavy atom. The lowest BCUT2D eigenvalue weighted by Crippen LogP contribution is -2.57. The van der Waals surface area contributed by atoms with E-state index >= 15 is 0 Å². The number of hydrogen-bond acceptors (Lipinski definition) is 3. The van der Waals surface area contributed by atoms with Crippen LogP contribution in [0.15, 0.2) is 0 Å². The predicted molar refractivity (Wildman–Crippen MR) is 110 cm³/mol. The minimum atomic E-state index is -0.719. The molecule has 0 aromatic carbocycles. The molecule has 0 aromatic rings. The Morgan fingerprint density at radius 2 is 1.93 bits per heavy atom. The molecule has 4 rings (SSSR count). The van der Waals surface area contributed by atoms with Gasteiger partial charge in [0, 0.05) is 24.3 Å². The highest BCUT2D eigenvalue weighted by Crippen LogP contribution is 2.67. The number of carboxylic acid groups (broad SMARTS) is 1. The molecule has 0 aromatic heterocycles. The van der Waals surface area contributed by atoms with E-state index in [1.807, 2.05) is 0 Å². The number of carbonyl (C=O) groups excluding carboxylic acids is 1. The molecule has 0 heterocycles. The maximum atomic E-state index is 13.6. The first kappa shape index (κ1) is 20.4. The van der Waals surface area contributed by atoms with Gasteiger partial charge in [0.1, 0.15) is 5.78 Å². The third-order valence-corrected chi connectivity index (χ3v) is 10.1. The highest BCUT2D eigenvalue weighted by molar-refractivity contribution is 5.87. The molecule has 4 aliphatic carbocycles. The molecule has 3 N–H and O–H groups in total. The summed E-state index contributed by atoms with van der Waals surface area (Å²) in [5.41, 5.74) is 6.36. The zero-order chi connectivity index (χ0) is 20.3. The fraction of sp³-hybridized carbons (Fsp3) is 0.917.